The van der Waals surface area contributed by atoms with Gasteiger partial charge < -0.3 is 15.0 Å². The molecule has 2 aromatic rings. The van der Waals surface area contributed by atoms with Crippen molar-refractivity contribution in [2.24, 2.45) is 17.8 Å². The van der Waals surface area contributed by atoms with Crippen molar-refractivity contribution in [1.82, 2.24) is 15.1 Å². The highest BCUT2D eigenvalue weighted by molar-refractivity contribution is 6.33. The number of fused-ring (bicyclic) bond motifs is 1. The summed E-state index contributed by atoms with van der Waals surface area (Å²) in [6.45, 7) is 4.89. The number of hydrogen-bond donors (Lipinski definition) is 1. The Bertz CT molecular complexity index is 1020. The fourth-order valence-corrected chi connectivity index (χ4v) is 5.93. The maximum atomic E-state index is 13.8. The van der Waals surface area contributed by atoms with E-state index < -0.39 is 23.3 Å². The van der Waals surface area contributed by atoms with Crippen LogP contribution in [-0.2, 0) is 10.9 Å². The molecule has 3 fully saturated rings. The third kappa shape index (κ3) is 5.16. The molecule has 2 saturated heterocycles. The molecule has 3 aliphatic rings. The van der Waals surface area contributed by atoms with Gasteiger partial charge in [-0.05, 0) is 67.7 Å². The lowest BCUT2D eigenvalue weighted by atomic mass is 10.00. The number of alkyl halides is 3. The molecule has 0 amide bonds. The van der Waals surface area contributed by atoms with Crippen LogP contribution in [0.25, 0.3) is 11.3 Å². The first-order valence-corrected chi connectivity index (χ1v) is 12.1. The fraction of sp³-hybridized carbons (Fsp3) is 0.583. The molecule has 2 atom stereocenters. The second-order valence-electron chi connectivity index (χ2n) is 9.72. The summed E-state index contributed by atoms with van der Waals surface area (Å²) in [5, 5.41) is 10.9. The lowest BCUT2D eigenvalue weighted by Crippen LogP contribution is -2.32. The SMILES string of the molecule is Fc1ccc(Cl)c(-c2nnc(NC3C[C@@H]4CN(CC5CCOCC5)C[C@H]4C3)cc2C(F)(F)F)c1. The Hall–Kier alpha value is -1.97. The van der Waals surface area contributed by atoms with Crippen molar-refractivity contribution in [3.8, 4) is 11.3 Å². The van der Waals surface area contributed by atoms with Gasteiger partial charge in [0, 0.05) is 44.5 Å². The quantitative estimate of drug-likeness (QED) is 0.551. The molecule has 1 aliphatic carbocycles. The molecule has 34 heavy (non-hydrogen) atoms. The van der Waals surface area contributed by atoms with Crippen LogP contribution in [-0.4, -0.2) is 54.0 Å². The molecule has 0 spiro atoms. The van der Waals surface area contributed by atoms with E-state index in [2.05, 4.69) is 20.4 Å². The number of nitrogens with zero attached hydrogens (tertiary/aromatic N) is 3. The predicted molar refractivity (Wildman–Crippen MR) is 121 cm³/mol. The smallest absolute Gasteiger partial charge is 0.381 e. The predicted octanol–water partition coefficient (Wildman–Crippen LogP) is 5.50. The third-order valence-corrected chi connectivity index (χ3v) is 7.65. The van der Waals surface area contributed by atoms with Gasteiger partial charge in [0.15, 0.2) is 0 Å². The Balaban J connectivity index is 1.26. The lowest BCUT2D eigenvalue weighted by molar-refractivity contribution is -0.137. The van der Waals surface area contributed by atoms with Gasteiger partial charge >= 0.3 is 6.18 Å². The summed E-state index contributed by atoms with van der Waals surface area (Å²) in [4.78, 5) is 2.54. The van der Waals surface area contributed by atoms with E-state index in [0.717, 1.165) is 76.7 Å². The van der Waals surface area contributed by atoms with E-state index in [0.29, 0.717) is 17.8 Å². The zero-order valence-corrected chi connectivity index (χ0v) is 19.4. The van der Waals surface area contributed by atoms with Crippen LogP contribution in [0.4, 0.5) is 23.4 Å². The number of hydrogen-bond acceptors (Lipinski definition) is 5. The van der Waals surface area contributed by atoms with Crippen molar-refractivity contribution in [3.63, 3.8) is 0 Å². The highest BCUT2D eigenvalue weighted by Gasteiger charge is 2.42. The Labute approximate surface area is 200 Å². The molecule has 1 aromatic carbocycles. The average molecular weight is 499 g/mol. The number of halogens is 5. The zero-order valence-electron chi connectivity index (χ0n) is 18.6. The molecule has 0 bridgehead atoms. The van der Waals surface area contributed by atoms with E-state index in [4.69, 9.17) is 16.3 Å². The van der Waals surface area contributed by atoms with E-state index in [1.807, 2.05) is 0 Å². The highest BCUT2D eigenvalue weighted by Crippen LogP contribution is 2.42. The number of rotatable bonds is 5. The molecule has 1 N–H and O–H groups in total. The summed E-state index contributed by atoms with van der Waals surface area (Å²) in [7, 11) is 0. The summed E-state index contributed by atoms with van der Waals surface area (Å²) >= 11 is 6.03. The van der Waals surface area contributed by atoms with Crippen molar-refractivity contribution >= 4 is 17.4 Å². The first-order valence-electron chi connectivity index (χ1n) is 11.7. The van der Waals surface area contributed by atoms with Crippen LogP contribution >= 0.6 is 11.6 Å². The average Bonchev–Trinajstić information content (AvgIpc) is 3.33. The molecule has 5 rings (SSSR count). The van der Waals surface area contributed by atoms with Gasteiger partial charge in [0.25, 0.3) is 0 Å². The first kappa shape index (κ1) is 23.8. The normalized spacial score (nSPS) is 24.5. The molecule has 0 radical (unpaired) electrons. The Morgan fingerprint density at radius 3 is 2.44 bits per heavy atom. The fourth-order valence-electron chi connectivity index (χ4n) is 5.72. The van der Waals surface area contributed by atoms with E-state index in [1.165, 1.54) is 6.07 Å². The van der Waals surface area contributed by atoms with Crippen LogP contribution < -0.4 is 5.32 Å². The molecular formula is C24H27ClF4N4O. The van der Waals surface area contributed by atoms with Crippen molar-refractivity contribution in [2.45, 2.75) is 37.9 Å². The van der Waals surface area contributed by atoms with Gasteiger partial charge in [-0.25, -0.2) is 4.39 Å². The lowest BCUT2D eigenvalue weighted by Gasteiger charge is -2.27. The van der Waals surface area contributed by atoms with Gasteiger partial charge in [0.2, 0.25) is 0 Å². The largest absolute Gasteiger partial charge is 0.418 e. The first-order chi connectivity index (χ1) is 16.3. The van der Waals surface area contributed by atoms with Crippen LogP contribution in [0.15, 0.2) is 24.3 Å². The molecule has 10 heteroatoms. The Kier molecular flexibility index (Phi) is 6.70. The molecule has 5 nitrogen and oxygen atoms in total. The van der Waals surface area contributed by atoms with Crippen LogP contribution in [0.1, 0.15) is 31.2 Å². The van der Waals surface area contributed by atoms with Gasteiger partial charge in [-0.3, -0.25) is 0 Å². The van der Waals surface area contributed by atoms with Crippen molar-refractivity contribution in [1.29, 1.82) is 0 Å². The standard InChI is InChI=1S/C24H27ClF4N4O/c25-21-2-1-17(26)9-19(21)23-20(24(27,28)29)10-22(31-32-23)30-18-7-15-12-33(13-16(15)8-18)11-14-3-5-34-6-4-14/h1-2,9-10,14-16,18H,3-8,11-13H2,(H,30,31)/t15-,16-/m1/s1. The van der Waals surface area contributed by atoms with Crippen molar-refractivity contribution in [3.05, 3.63) is 40.7 Å². The summed E-state index contributed by atoms with van der Waals surface area (Å²) < 4.78 is 60.6. The summed E-state index contributed by atoms with van der Waals surface area (Å²) in [6, 6.07) is 4.25. The topological polar surface area (TPSA) is 50.3 Å². The molecule has 1 saturated carbocycles. The second kappa shape index (κ2) is 9.59. The minimum absolute atomic E-state index is 0.0177. The summed E-state index contributed by atoms with van der Waals surface area (Å²) in [5.41, 5.74) is -1.60. The minimum Gasteiger partial charge on any atom is -0.381 e. The maximum Gasteiger partial charge on any atom is 0.418 e. The molecule has 184 valence electrons. The van der Waals surface area contributed by atoms with Crippen LogP contribution in [0.5, 0.6) is 0 Å². The van der Waals surface area contributed by atoms with E-state index in [1.54, 1.807) is 0 Å². The number of nitrogens with one attached hydrogen (secondary N) is 1. The number of anilines is 1. The molecule has 3 heterocycles. The van der Waals surface area contributed by atoms with E-state index in [9.17, 15) is 17.6 Å². The molecule has 2 aliphatic heterocycles. The van der Waals surface area contributed by atoms with Gasteiger partial charge in [0.1, 0.15) is 17.3 Å². The Morgan fingerprint density at radius 1 is 1.06 bits per heavy atom. The maximum absolute atomic E-state index is 13.8. The third-order valence-electron chi connectivity index (χ3n) is 7.32. The number of benzene rings is 1. The molecule has 0 unspecified atom stereocenters. The van der Waals surface area contributed by atoms with Crippen LogP contribution in [0, 0.1) is 23.6 Å². The van der Waals surface area contributed by atoms with Gasteiger partial charge in [-0.2, -0.15) is 13.2 Å². The van der Waals surface area contributed by atoms with Crippen molar-refractivity contribution < 1.29 is 22.3 Å². The summed E-state index contributed by atoms with van der Waals surface area (Å²) in [5.74, 6) is 1.16. The summed E-state index contributed by atoms with van der Waals surface area (Å²) in [6.07, 6.45) is -0.654. The molecular weight excluding hydrogens is 472 g/mol. The van der Waals surface area contributed by atoms with Crippen LogP contribution in [0.3, 0.4) is 0 Å². The number of likely N-dealkylation sites (tertiary alicyclic amines) is 1. The Morgan fingerprint density at radius 2 is 1.76 bits per heavy atom. The minimum atomic E-state index is -4.69. The van der Waals surface area contributed by atoms with Gasteiger partial charge in [0.05, 0.1) is 10.6 Å². The highest BCUT2D eigenvalue weighted by atomic mass is 35.5. The number of ether oxygens (including phenoxy) is 1. The van der Waals surface area contributed by atoms with Gasteiger partial charge in [-0.15, -0.1) is 10.2 Å². The van der Waals surface area contributed by atoms with Crippen molar-refractivity contribution in [2.75, 3.05) is 38.2 Å². The number of aromatic nitrogens is 2. The van der Waals surface area contributed by atoms with Gasteiger partial charge in [-0.1, -0.05) is 11.6 Å². The molecule has 1 aromatic heterocycles. The second-order valence-corrected chi connectivity index (χ2v) is 10.1. The monoisotopic (exact) mass is 498 g/mol. The van der Waals surface area contributed by atoms with E-state index in [-0.39, 0.29) is 22.4 Å². The van der Waals surface area contributed by atoms with Crippen LogP contribution in [0.2, 0.25) is 5.02 Å². The van der Waals surface area contributed by atoms with E-state index >= 15 is 0 Å². The zero-order chi connectivity index (χ0) is 23.9.